The molecule has 0 aromatic heterocycles. The number of likely N-dealkylation sites (N-methyl/N-ethyl adjacent to an activating group) is 2. The van der Waals surface area contributed by atoms with Gasteiger partial charge in [0.2, 0.25) is 6.41 Å². The van der Waals surface area contributed by atoms with Gasteiger partial charge in [0.15, 0.2) is 0 Å². The van der Waals surface area contributed by atoms with Crippen molar-refractivity contribution in [1.29, 1.82) is 0 Å². The Morgan fingerprint density at radius 2 is 1.92 bits per heavy atom. The molecule has 0 saturated carbocycles. The lowest BCUT2D eigenvalue weighted by molar-refractivity contribution is -0.117. The SMILES string of the molecule is CCN(CCN(C)C=O)C(C)C. The van der Waals surface area contributed by atoms with Gasteiger partial charge in [0, 0.05) is 26.2 Å². The highest BCUT2D eigenvalue weighted by Gasteiger charge is 2.06. The molecule has 0 aliphatic heterocycles. The Morgan fingerprint density at radius 3 is 2.25 bits per heavy atom. The molecule has 0 rings (SSSR count). The number of hydrogen-bond donors (Lipinski definition) is 0. The lowest BCUT2D eigenvalue weighted by Crippen LogP contribution is -2.37. The molecule has 0 fully saturated rings. The molecule has 0 heterocycles. The summed E-state index contributed by atoms with van der Waals surface area (Å²) in [5.74, 6) is 0. The summed E-state index contributed by atoms with van der Waals surface area (Å²) in [6.45, 7) is 9.30. The largest absolute Gasteiger partial charge is 0.347 e. The van der Waals surface area contributed by atoms with Crippen LogP contribution in [0.15, 0.2) is 0 Å². The van der Waals surface area contributed by atoms with Crippen molar-refractivity contribution in [2.24, 2.45) is 0 Å². The highest BCUT2D eigenvalue weighted by molar-refractivity contribution is 5.46. The fourth-order valence-corrected chi connectivity index (χ4v) is 1.12. The molecule has 0 aromatic rings. The van der Waals surface area contributed by atoms with Gasteiger partial charge in [0.1, 0.15) is 0 Å². The molecule has 0 saturated heterocycles. The fraction of sp³-hybridized carbons (Fsp3) is 0.889. The van der Waals surface area contributed by atoms with E-state index in [2.05, 4.69) is 25.7 Å². The molecule has 3 nitrogen and oxygen atoms in total. The Morgan fingerprint density at radius 1 is 1.33 bits per heavy atom. The third-order valence-corrected chi connectivity index (χ3v) is 2.06. The van der Waals surface area contributed by atoms with Crippen LogP contribution in [-0.4, -0.2) is 48.9 Å². The number of amides is 1. The molecule has 0 spiro atoms. The van der Waals surface area contributed by atoms with E-state index in [-0.39, 0.29) is 0 Å². The van der Waals surface area contributed by atoms with Crippen LogP contribution in [0.4, 0.5) is 0 Å². The van der Waals surface area contributed by atoms with Gasteiger partial charge in [0.05, 0.1) is 0 Å². The maximum absolute atomic E-state index is 10.3. The minimum Gasteiger partial charge on any atom is -0.347 e. The number of hydrogen-bond acceptors (Lipinski definition) is 2. The Kier molecular flexibility index (Phi) is 5.72. The Hall–Kier alpha value is -0.570. The summed E-state index contributed by atoms with van der Waals surface area (Å²) in [5.41, 5.74) is 0. The van der Waals surface area contributed by atoms with Gasteiger partial charge in [-0.25, -0.2) is 0 Å². The normalized spacial score (nSPS) is 10.8. The van der Waals surface area contributed by atoms with Crippen LogP contribution in [-0.2, 0) is 4.79 Å². The third kappa shape index (κ3) is 4.34. The van der Waals surface area contributed by atoms with E-state index in [0.717, 1.165) is 26.0 Å². The average Bonchev–Trinajstić information content (AvgIpc) is 2.04. The summed E-state index contributed by atoms with van der Waals surface area (Å²) in [6.07, 6.45) is 0.869. The van der Waals surface area contributed by atoms with E-state index in [1.54, 1.807) is 11.9 Å². The zero-order valence-electron chi connectivity index (χ0n) is 8.58. The first-order valence-corrected chi connectivity index (χ1v) is 4.51. The van der Waals surface area contributed by atoms with Crippen LogP contribution in [0.2, 0.25) is 0 Å². The molecule has 0 aromatic carbocycles. The zero-order chi connectivity index (χ0) is 9.56. The first-order chi connectivity index (χ1) is 5.61. The molecular formula is C9H20N2O. The van der Waals surface area contributed by atoms with Crippen molar-refractivity contribution in [2.75, 3.05) is 26.7 Å². The molecule has 0 atom stereocenters. The molecule has 0 unspecified atom stereocenters. The number of carbonyl (C=O) groups is 1. The van der Waals surface area contributed by atoms with E-state index in [1.165, 1.54) is 0 Å². The molecule has 0 radical (unpaired) electrons. The molecule has 0 aliphatic rings. The van der Waals surface area contributed by atoms with Crippen LogP contribution < -0.4 is 0 Å². The van der Waals surface area contributed by atoms with Crippen molar-refractivity contribution in [3.05, 3.63) is 0 Å². The second-order valence-corrected chi connectivity index (χ2v) is 3.31. The minimum absolute atomic E-state index is 0.565. The van der Waals surface area contributed by atoms with Gasteiger partial charge in [-0.05, 0) is 20.4 Å². The van der Waals surface area contributed by atoms with E-state index < -0.39 is 0 Å². The smallest absolute Gasteiger partial charge is 0.209 e. The van der Waals surface area contributed by atoms with Crippen LogP contribution in [0, 0.1) is 0 Å². The highest BCUT2D eigenvalue weighted by atomic mass is 16.1. The molecule has 0 bridgehead atoms. The topological polar surface area (TPSA) is 23.6 Å². The van der Waals surface area contributed by atoms with Crippen LogP contribution >= 0.6 is 0 Å². The number of nitrogens with zero attached hydrogens (tertiary/aromatic N) is 2. The van der Waals surface area contributed by atoms with Gasteiger partial charge in [0.25, 0.3) is 0 Å². The van der Waals surface area contributed by atoms with Crippen molar-refractivity contribution < 1.29 is 4.79 Å². The Balaban J connectivity index is 3.64. The van der Waals surface area contributed by atoms with E-state index in [9.17, 15) is 4.79 Å². The van der Waals surface area contributed by atoms with Gasteiger partial charge in [-0.2, -0.15) is 0 Å². The number of rotatable bonds is 6. The molecular weight excluding hydrogens is 152 g/mol. The summed E-state index contributed by atoms with van der Waals surface area (Å²) in [5, 5.41) is 0. The standard InChI is InChI=1S/C9H20N2O/c1-5-11(9(2)3)7-6-10(4)8-12/h8-9H,5-7H2,1-4H3. The Labute approximate surface area is 75.3 Å². The Bertz CT molecular complexity index is 126. The van der Waals surface area contributed by atoms with Gasteiger partial charge in [-0.1, -0.05) is 6.92 Å². The molecule has 1 amide bonds. The second kappa shape index (κ2) is 6.00. The van der Waals surface area contributed by atoms with E-state index >= 15 is 0 Å². The van der Waals surface area contributed by atoms with Crippen molar-refractivity contribution in [2.45, 2.75) is 26.8 Å². The molecule has 0 N–H and O–H groups in total. The van der Waals surface area contributed by atoms with E-state index in [0.29, 0.717) is 6.04 Å². The molecule has 0 aliphatic carbocycles. The van der Waals surface area contributed by atoms with E-state index in [1.807, 2.05) is 0 Å². The summed E-state index contributed by atoms with van der Waals surface area (Å²) in [4.78, 5) is 14.3. The summed E-state index contributed by atoms with van der Waals surface area (Å²) >= 11 is 0. The average molecular weight is 172 g/mol. The maximum atomic E-state index is 10.3. The predicted molar refractivity (Wildman–Crippen MR) is 51.1 cm³/mol. The van der Waals surface area contributed by atoms with Gasteiger partial charge < -0.3 is 4.90 Å². The maximum Gasteiger partial charge on any atom is 0.209 e. The molecule has 3 heteroatoms. The van der Waals surface area contributed by atoms with Crippen LogP contribution in [0.25, 0.3) is 0 Å². The molecule has 12 heavy (non-hydrogen) atoms. The van der Waals surface area contributed by atoms with Crippen LogP contribution in [0.5, 0.6) is 0 Å². The highest BCUT2D eigenvalue weighted by Crippen LogP contribution is 1.96. The first kappa shape index (κ1) is 11.4. The first-order valence-electron chi connectivity index (χ1n) is 4.51. The minimum atomic E-state index is 0.565. The summed E-state index contributed by atoms with van der Waals surface area (Å²) < 4.78 is 0. The quantitative estimate of drug-likeness (QED) is 0.553. The lowest BCUT2D eigenvalue weighted by Gasteiger charge is -2.26. The lowest BCUT2D eigenvalue weighted by atomic mass is 10.3. The fourth-order valence-electron chi connectivity index (χ4n) is 1.12. The summed E-state index contributed by atoms with van der Waals surface area (Å²) in [6, 6.07) is 0.565. The van der Waals surface area contributed by atoms with E-state index in [4.69, 9.17) is 0 Å². The third-order valence-electron chi connectivity index (χ3n) is 2.06. The van der Waals surface area contributed by atoms with Crippen molar-refractivity contribution in [3.63, 3.8) is 0 Å². The van der Waals surface area contributed by atoms with Crippen LogP contribution in [0.1, 0.15) is 20.8 Å². The predicted octanol–water partition coefficient (Wildman–Crippen LogP) is 0.805. The second-order valence-electron chi connectivity index (χ2n) is 3.31. The molecule has 72 valence electrons. The van der Waals surface area contributed by atoms with Crippen molar-refractivity contribution in [1.82, 2.24) is 9.80 Å². The zero-order valence-corrected chi connectivity index (χ0v) is 8.58. The van der Waals surface area contributed by atoms with Gasteiger partial charge in [-0.15, -0.1) is 0 Å². The van der Waals surface area contributed by atoms with Crippen molar-refractivity contribution in [3.8, 4) is 0 Å². The van der Waals surface area contributed by atoms with Gasteiger partial charge >= 0.3 is 0 Å². The monoisotopic (exact) mass is 172 g/mol. The van der Waals surface area contributed by atoms with Crippen LogP contribution in [0.3, 0.4) is 0 Å². The number of carbonyl (C=O) groups excluding carboxylic acids is 1. The summed E-state index contributed by atoms with van der Waals surface area (Å²) in [7, 11) is 1.81. The van der Waals surface area contributed by atoms with Gasteiger partial charge in [-0.3, -0.25) is 9.69 Å². The van der Waals surface area contributed by atoms with Crippen molar-refractivity contribution >= 4 is 6.41 Å².